The van der Waals surface area contributed by atoms with Gasteiger partial charge in [0.2, 0.25) is 5.91 Å². The van der Waals surface area contributed by atoms with E-state index in [-0.39, 0.29) is 40.2 Å². The highest BCUT2D eigenvalue weighted by Crippen LogP contribution is 2.33. The van der Waals surface area contributed by atoms with Gasteiger partial charge in [-0.1, -0.05) is 71.7 Å². The molecule has 1 saturated heterocycles. The van der Waals surface area contributed by atoms with Crippen LogP contribution in [-0.4, -0.2) is 39.8 Å². The summed E-state index contributed by atoms with van der Waals surface area (Å²) < 4.78 is 14.5. The Morgan fingerprint density at radius 1 is 1.00 bits per heavy atom. The Bertz CT molecular complexity index is 1770. The molecule has 1 aliphatic heterocycles. The van der Waals surface area contributed by atoms with Crippen LogP contribution >= 0.6 is 23.2 Å². The molecule has 0 spiro atoms. The lowest BCUT2D eigenvalue weighted by Gasteiger charge is -2.32. The fourth-order valence-electron chi connectivity index (χ4n) is 5.60. The van der Waals surface area contributed by atoms with E-state index >= 15 is 0 Å². The van der Waals surface area contributed by atoms with Gasteiger partial charge in [-0.05, 0) is 60.4 Å². The Balaban J connectivity index is 1.13. The van der Waals surface area contributed by atoms with Crippen LogP contribution in [0.2, 0.25) is 10.0 Å². The van der Waals surface area contributed by atoms with Crippen molar-refractivity contribution in [1.29, 1.82) is 0 Å². The smallest absolute Gasteiger partial charge is 0.253 e. The zero-order valence-corrected chi connectivity index (χ0v) is 23.8. The third-order valence-electron chi connectivity index (χ3n) is 7.79. The summed E-state index contributed by atoms with van der Waals surface area (Å²) in [5, 5.41) is 5.96. The molecule has 1 aliphatic rings. The lowest BCUT2D eigenvalue weighted by molar-refractivity contribution is -0.126. The summed E-state index contributed by atoms with van der Waals surface area (Å²) in [6.45, 7) is 2.90. The fourth-order valence-corrected chi connectivity index (χ4v) is 6.12. The molecule has 9 heteroatoms. The molecule has 6 nitrogen and oxygen atoms in total. The number of aromatic amines is 1. The number of nitrogens with zero attached hydrogens (tertiary/aromatic N) is 2. The summed E-state index contributed by atoms with van der Waals surface area (Å²) in [6, 6.07) is 21.8. The number of carbonyl (C=O) groups is 2. The standard InChI is InChI=1S/C32H27Cl2FN4O2/c1-18(22-9-4-7-19-6-2-3-8-23(19)22)36-31(40)20-12-14-39(15-13-20)32(41)21-16-25(34)29-27(17-21)37-30(38-29)28-24(33)10-5-11-26(28)35/h2-11,16-18,20H,12-15H2,1H3,(H,36,40)(H,37,38). The molecule has 0 radical (unpaired) electrons. The second kappa shape index (κ2) is 11.1. The molecule has 2 N–H and O–H groups in total. The van der Waals surface area contributed by atoms with Crippen LogP contribution in [0.25, 0.3) is 33.2 Å². The highest BCUT2D eigenvalue weighted by atomic mass is 35.5. The van der Waals surface area contributed by atoms with Crippen LogP contribution in [0.15, 0.2) is 72.8 Å². The van der Waals surface area contributed by atoms with Crippen molar-refractivity contribution in [2.24, 2.45) is 5.92 Å². The Labute approximate surface area is 246 Å². The summed E-state index contributed by atoms with van der Waals surface area (Å²) in [4.78, 5) is 35.8. The van der Waals surface area contributed by atoms with Gasteiger partial charge in [-0.2, -0.15) is 0 Å². The van der Waals surface area contributed by atoms with Crippen LogP contribution in [0.4, 0.5) is 4.39 Å². The van der Waals surface area contributed by atoms with Gasteiger partial charge in [0.15, 0.2) is 0 Å². The second-order valence-electron chi connectivity index (χ2n) is 10.4. The molecule has 1 atom stereocenters. The lowest BCUT2D eigenvalue weighted by Crippen LogP contribution is -2.43. The highest BCUT2D eigenvalue weighted by molar-refractivity contribution is 6.35. The van der Waals surface area contributed by atoms with E-state index in [9.17, 15) is 14.0 Å². The maximum atomic E-state index is 14.5. The number of aromatic nitrogens is 2. The molecule has 0 bridgehead atoms. The Kier molecular flexibility index (Phi) is 7.41. The number of imidazole rings is 1. The van der Waals surface area contributed by atoms with Crippen molar-refractivity contribution < 1.29 is 14.0 Å². The third kappa shape index (κ3) is 5.27. The average molecular weight is 589 g/mol. The van der Waals surface area contributed by atoms with E-state index in [2.05, 4.69) is 33.5 Å². The summed E-state index contributed by atoms with van der Waals surface area (Å²) in [6.07, 6.45) is 1.13. The van der Waals surface area contributed by atoms with Crippen molar-refractivity contribution in [3.63, 3.8) is 0 Å². The normalized spacial score (nSPS) is 14.9. The van der Waals surface area contributed by atoms with Crippen LogP contribution in [-0.2, 0) is 4.79 Å². The molecule has 5 aromatic rings. The average Bonchev–Trinajstić information content (AvgIpc) is 3.40. The van der Waals surface area contributed by atoms with Crippen LogP contribution in [0.1, 0.15) is 41.7 Å². The first-order valence-electron chi connectivity index (χ1n) is 13.5. The molecular formula is C32H27Cl2FN4O2. The van der Waals surface area contributed by atoms with Crippen molar-refractivity contribution in [2.75, 3.05) is 13.1 Å². The predicted octanol–water partition coefficient (Wildman–Crippen LogP) is 7.56. The number of amides is 2. The summed E-state index contributed by atoms with van der Waals surface area (Å²) in [5.74, 6) is -0.647. The number of hydrogen-bond donors (Lipinski definition) is 2. The van der Waals surface area contributed by atoms with Crippen molar-refractivity contribution >= 4 is 56.8 Å². The van der Waals surface area contributed by atoms with Crippen molar-refractivity contribution in [1.82, 2.24) is 20.2 Å². The van der Waals surface area contributed by atoms with E-state index in [1.807, 2.05) is 31.2 Å². The van der Waals surface area contributed by atoms with Crippen LogP contribution in [0, 0.1) is 11.7 Å². The molecule has 2 heterocycles. The molecule has 1 unspecified atom stereocenters. The van der Waals surface area contributed by atoms with Crippen LogP contribution in [0.3, 0.4) is 0 Å². The first kappa shape index (κ1) is 27.2. The summed E-state index contributed by atoms with van der Waals surface area (Å²) in [5.41, 5.74) is 2.53. The Morgan fingerprint density at radius 2 is 1.73 bits per heavy atom. The van der Waals surface area contributed by atoms with Crippen LogP contribution in [0.5, 0.6) is 0 Å². The fraction of sp³-hybridized carbons (Fsp3) is 0.219. The number of hydrogen-bond acceptors (Lipinski definition) is 3. The second-order valence-corrected chi connectivity index (χ2v) is 11.2. The van der Waals surface area contributed by atoms with Gasteiger partial charge in [-0.15, -0.1) is 0 Å². The van der Waals surface area contributed by atoms with Gasteiger partial charge in [0, 0.05) is 24.6 Å². The zero-order chi connectivity index (χ0) is 28.7. The minimum absolute atomic E-state index is 0.00199. The van der Waals surface area contributed by atoms with Gasteiger partial charge in [0.25, 0.3) is 5.91 Å². The predicted molar refractivity (Wildman–Crippen MR) is 161 cm³/mol. The van der Waals surface area contributed by atoms with E-state index in [0.717, 1.165) is 16.3 Å². The largest absolute Gasteiger partial charge is 0.349 e. The first-order valence-corrected chi connectivity index (χ1v) is 14.3. The Hall–Kier alpha value is -3.94. The van der Waals surface area contributed by atoms with Gasteiger partial charge in [-0.3, -0.25) is 9.59 Å². The quantitative estimate of drug-likeness (QED) is 0.222. The monoisotopic (exact) mass is 588 g/mol. The number of rotatable bonds is 5. The van der Waals surface area contributed by atoms with E-state index in [4.69, 9.17) is 23.2 Å². The third-order valence-corrected chi connectivity index (χ3v) is 8.41. The van der Waals surface area contributed by atoms with Crippen molar-refractivity contribution in [3.05, 3.63) is 99.8 Å². The van der Waals surface area contributed by atoms with Gasteiger partial charge in [0.1, 0.15) is 11.6 Å². The molecule has 1 aromatic heterocycles. The topological polar surface area (TPSA) is 78.1 Å². The summed E-state index contributed by atoms with van der Waals surface area (Å²) >= 11 is 12.7. The maximum Gasteiger partial charge on any atom is 0.253 e. The van der Waals surface area contributed by atoms with E-state index in [1.165, 1.54) is 12.1 Å². The molecular weight excluding hydrogens is 562 g/mol. The van der Waals surface area contributed by atoms with Gasteiger partial charge < -0.3 is 15.2 Å². The number of likely N-dealkylation sites (tertiary alicyclic amines) is 1. The minimum atomic E-state index is -0.512. The molecule has 41 heavy (non-hydrogen) atoms. The molecule has 0 saturated carbocycles. The van der Waals surface area contributed by atoms with Crippen molar-refractivity contribution in [2.45, 2.75) is 25.8 Å². The minimum Gasteiger partial charge on any atom is -0.349 e. The first-order chi connectivity index (χ1) is 19.8. The maximum absolute atomic E-state index is 14.5. The van der Waals surface area contributed by atoms with Crippen molar-refractivity contribution in [3.8, 4) is 11.4 Å². The molecule has 0 aliphatic carbocycles. The lowest BCUT2D eigenvalue weighted by atomic mass is 9.94. The van der Waals surface area contributed by atoms with E-state index in [0.29, 0.717) is 47.6 Å². The zero-order valence-electron chi connectivity index (χ0n) is 22.3. The number of carbonyl (C=O) groups excluding carboxylic acids is 2. The van der Waals surface area contributed by atoms with E-state index < -0.39 is 5.82 Å². The highest BCUT2D eigenvalue weighted by Gasteiger charge is 2.29. The molecule has 1 fully saturated rings. The van der Waals surface area contributed by atoms with Crippen LogP contribution < -0.4 is 5.32 Å². The SMILES string of the molecule is CC(NC(=O)C1CCN(C(=O)c2cc(Cl)c3[nH]c(-c4c(F)cccc4Cl)nc3c2)CC1)c1cccc2ccccc12. The number of halogens is 3. The number of benzene rings is 4. The number of piperidine rings is 1. The molecule has 2 amide bonds. The van der Waals surface area contributed by atoms with Gasteiger partial charge in [-0.25, -0.2) is 9.37 Å². The van der Waals surface area contributed by atoms with Gasteiger partial charge in [0.05, 0.1) is 32.7 Å². The van der Waals surface area contributed by atoms with E-state index in [1.54, 1.807) is 23.1 Å². The number of H-pyrrole nitrogens is 1. The summed E-state index contributed by atoms with van der Waals surface area (Å²) in [7, 11) is 0. The molecule has 4 aromatic carbocycles. The Morgan fingerprint density at radius 3 is 2.51 bits per heavy atom. The molecule has 208 valence electrons. The number of fused-ring (bicyclic) bond motifs is 2. The molecule has 6 rings (SSSR count). The number of nitrogens with one attached hydrogen (secondary N) is 2. The van der Waals surface area contributed by atoms with Gasteiger partial charge >= 0.3 is 0 Å².